The van der Waals surface area contributed by atoms with Crippen LogP contribution in [0.25, 0.3) is 16.8 Å². The van der Waals surface area contributed by atoms with E-state index in [4.69, 9.17) is 10.5 Å². The number of aryl methyl sites for hydroxylation is 1. The molecule has 0 amide bonds. The SMILES string of the molecule is CCOC(=O)c1nnc2c(C#N)c(-c3ccccc3)c(C)n2c1N. The van der Waals surface area contributed by atoms with Crippen LogP contribution in [0.2, 0.25) is 0 Å². The Morgan fingerprint density at radius 2 is 2.04 bits per heavy atom. The number of benzene rings is 1. The van der Waals surface area contributed by atoms with Crippen molar-refractivity contribution in [2.24, 2.45) is 0 Å². The number of anilines is 1. The van der Waals surface area contributed by atoms with Crippen LogP contribution in [-0.2, 0) is 4.74 Å². The molecule has 0 spiro atoms. The van der Waals surface area contributed by atoms with Crippen molar-refractivity contribution in [3.8, 4) is 17.2 Å². The zero-order valence-corrected chi connectivity index (χ0v) is 13.3. The molecule has 24 heavy (non-hydrogen) atoms. The maximum atomic E-state index is 12.0. The number of ether oxygens (including phenoxy) is 1. The molecule has 2 heterocycles. The maximum absolute atomic E-state index is 12.0. The van der Waals surface area contributed by atoms with Crippen LogP contribution < -0.4 is 5.73 Å². The molecule has 0 atom stereocenters. The summed E-state index contributed by atoms with van der Waals surface area (Å²) >= 11 is 0. The second-order valence-electron chi connectivity index (χ2n) is 5.13. The minimum atomic E-state index is -0.641. The lowest BCUT2D eigenvalue weighted by Crippen LogP contribution is -2.15. The van der Waals surface area contributed by atoms with Gasteiger partial charge in [-0.3, -0.25) is 4.40 Å². The number of rotatable bonds is 3. The minimum absolute atomic E-state index is 0.0634. The molecule has 7 nitrogen and oxygen atoms in total. The first-order valence-corrected chi connectivity index (χ1v) is 7.40. The van der Waals surface area contributed by atoms with Gasteiger partial charge in [-0.05, 0) is 19.4 Å². The Kier molecular flexibility index (Phi) is 3.88. The number of fused-ring (bicyclic) bond motifs is 1. The Balaban J connectivity index is 2.33. The molecule has 0 fully saturated rings. The summed E-state index contributed by atoms with van der Waals surface area (Å²) < 4.78 is 6.52. The minimum Gasteiger partial charge on any atom is -0.461 e. The Hall–Kier alpha value is -3.40. The Bertz CT molecular complexity index is 970. The van der Waals surface area contributed by atoms with Gasteiger partial charge in [-0.2, -0.15) is 5.26 Å². The number of nitrogens with two attached hydrogens (primary N) is 1. The molecule has 0 saturated heterocycles. The third-order valence-electron chi connectivity index (χ3n) is 3.75. The largest absolute Gasteiger partial charge is 0.461 e. The van der Waals surface area contributed by atoms with Gasteiger partial charge in [-0.15, -0.1) is 10.2 Å². The van der Waals surface area contributed by atoms with E-state index in [9.17, 15) is 10.1 Å². The van der Waals surface area contributed by atoms with Gasteiger partial charge < -0.3 is 10.5 Å². The van der Waals surface area contributed by atoms with Crippen molar-refractivity contribution in [1.29, 1.82) is 5.26 Å². The summed E-state index contributed by atoms with van der Waals surface area (Å²) in [5.41, 5.74) is 9.05. The standard InChI is InChI=1S/C17H15N5O2/c1-3-24-17(23)14-15(19)22-10(2)13(11-7-5-4-6-8-11)12(9-18)16(22)21-20-14/h4-8H,3,19H2,1-2H3. The molecule has 3 aromatic rings. The monoisotopic (exact) mass is 321 g/mol. The average molecular weight is 321 g/mol. The molecule has 0 aliphatic rings. The number of aromatic nitrogens is 3. The van der Waals surface area contributed by atoms with Crippen molar-refractivity contribution in [3.63, 3.8) is 0 Å². The van der Waals surface area contributed by atoms with Gasteiger partial charge in [0.1, 0.15) is 17.5 Å². The van der Waals surface area contributed by atoms with Crippen LogP contribution in [0.5, 0.6) is 0 Å². The molecule has 0 aliphatic heterocycles. The van der Waals surface area contributed by atoms with Gasteiger partial charge in [-0.25, -0.2) is 4.79 Å². The van der Waals surface area contributed by atoms with Crippen LogP contribution in [0, 0.1) is 18.3 Å². The van der Waals surface area contributed by atoms with E-state index in [0.717, 1.165) is 11.1 Å². The Morgan fingerprint density at radius 3 is 2.67 bits per heavy atom. The number of carbonyl (C=O) groups excluding carboxylic acids is 1. The predicted octanol–water partition coefficient (Wildman–Crippen LogP) is 2.34. The summed E-state index contributed by atoms with van der Waals surface area (Å²) in [5, 5.41) is 17.5. The zero-order valence-electron chi connectivity index (χ0n) is 13.3. The summed E-state index contributed by atoms with van der Waals surface area (Å²) in [6, 6.07) is 11.6. The van der Waals surface area contributed by atoms with Gasteiger partial charge in [0.15, 0.2) is 5.65 Å². The zero-order chi connectivity index (χ0) is 17.3. The average Bonchev–Trinajstić information content (AvgIpc) is 2.88. The van der Waals surface area contributed by atoms with Crippen LogP contribution in [-0.4, -0.2) is 27.2 Å². The van der Waals surface area contributed by atoms with Gasteiger partial charge in [0, 0.05) is 11.3 Å². The van der Waals surface area contributed by atoms with Crippen molar-refractivity contribution in [3.05, 3.63) is 47.3 Å². The first kappa shape index (κ1) is 15.5. The molecule has 120 valence electrons. The van der Waals surface area contributed by atoms with Crippen molar-refractivity contribution in [1.82, 2.24) is 14.6 Å². The molecule has 0 radical (unpaired) electrons. The molecular weight excluding hydrogens is 306 g/mol. The molecule has 2 aromatic heterocycles. The summed E-state index contributed by atoms with van der Waals surface area (Å²) in [4.78, 5) is 12.0. The predicted molar refractivity (Wildman–Crippen MR) is 88.2 cm³/mol. The van der Waals surface area contributed by atoms with E-state index in [0.29, 0.717) is 16.9 Å². The van der Waals surface area contributed by atoms with E-state index in [1.54, 1.807) is 11.3 Å². The highest BCUT2D eigenvalue weighted by Gasteiger charge is 2.24. The summed E-state index contributed by atoms with van der Waals surface area (Å²) in [6.07, 6.45) is 0. The molecule has 1 aromatic carbocycles. The number of carbonyl (C=O) groups is 1. The highest BCUT2D eigenvalue weighted by atomic mass is 16.5. The lowest BCUT2D eigenvalue weighted by Gasteiger charge is -2.07. The van der Waals surface area contributed by atoms with Gasteiger partial charge in [0.25, 0.3) is 0 Å². The molecule has 2 N–H and O–H groups in total. The van der Waals surface area contributed by atoms with Gasteiger partial charge >= 0.3 is 5.97 Å². The molecule has 3 rings (SSSR count). The highest BCUT2D eigenvalue weighted by Crippen LogP contribution is 2.33. The lowest BCUT2D eigenvalue weighted by atomic mass is 10.0. The van der Waals surface area contributed by atoms with Crippen LogP contribution in [0.4, 0.5) is 5.82 Å². The first-order valence-electron chi connectivity index (χ1n) is 7.40. The first-order chi connectivity index (χ1) is 11.6. The number of esters is 1. The fourth-order valence-electron chi connectivity index (χ4n) is 2.73. The second kappa shape index (κ2) is 6.01. The van der Waals surface area contributed by atoms with E-state index in [2.05, 4.69) is 16.3 Å². The smallest absolute Gasteiger partial charge is 0.362 e. The number of nitrogens with zero attached hydrogens (tertiary/aromatic N) is 4. The molecule has 0 bridgehead atoms. The van der Waals surface area contributed by atoms with E-state index >= 15 is 0 Å². The fourth-order valence-corrected chi connectivity index (χ4v) is 2.73. The van der Waals surface area contributed by atoms with E-state index in [-0.39, 0.29) is 18.1 Å². The van der Waals surface area contributed by atoms with Gasteiger partial charge in [0.2, 0.25) is 5.69 Å². The summed E-state index contributed by atoms with van der Waals surface area (Å²) in [7, 11) is 0. The van der Waals surface area contributed by atoms with E-state index in [1.807, 2.05) is 37.3 Å². The van der Waals surface area contributed by atoms with Gasteiger partial charge in [-0.1, -0.05) is 30.3 Å². The Labute approximate surface area is 138 Å². The van der Waals surface area contributed by atoms with Crippen molar-refractivity contribution >= 4 is 17.4 Å². The summed E-state index contributed by atoms with van der Waals surface area (Å²) in [6.45, 7) is 3.73. The number of nitriles is 1. The van der Waals surface area contributed by atoms with Crippen LogP contribution in [0.1, 0.15) is 28.7 Å². The number of hydrogen-bond acceptors (Lipinski definition) is 6. The maximum Gasteiger partial charge on any atom is 0.362 e. The number of nitrogen functional groups attached to an aromatic ring is 1. The van der Waals surface area contributed by atoms with Crippen LogP contribution >= 0.6 is 0 Å². The second-order valence-corrected chi connectivity index (χ2v) is 5.13. The third kappa shape index (κ3) is 2.25. The van der Waals surface area contributed by atoms with Gasteiger partial charge in [0.05, 0.1) is 6.61 Å². The van der Waals surface area contributed by atoms with Crippen molar-refractivity contribution in [2.75, 3.05) is 12.3 Å². The Morgan fingerprint density at radius 1 is 1.33 bits per heavy atom. The van der Waals surface area contributed by atoms with E-state index in [1.165, 1.54) is 0 Å². The summed E-state index contributed by atoms with van der Waals surface area (Å²) in [5.74, 6) is -0.535. The quantitative estimate of drug-likeness (QED) is 0.742. The van der Waals surface area contributed by atoms with Crippen LogP contribution in [0.15, 0.2) is 30.3 Å². The van der Waals surface area contributed by atoms with Crippen LogP contribution in [0.3, 0.4) is 0 Å². The topological polar surface area (TPSA) is 106 Å². The molecule has 7 heteroatoms. The van der Waals surface area contributed by atoms with E-state index < -0.39 is 5.97 Å². The number of hydrogen-bond donors (Lipinski definition) is 1. The molecule has 0 saturated carbocycles. The van der Waals surface area contributed by atoms with Crippen molar-refractivity contribution in [2.45, 2.75) is 13.8 Å². The molecule has 0 unspecified atom stereocenters. The fraction of sp³-hybridized carbons (Fsp3) is 0.176. The molecular formula is C17H15N5O2. The highest BCUT2D eigenvalue weighted by molar-refractivity contribution is 5.93. The lowest BCUT2D eigenvalue weighted by molar-refractivity contribution is 0.0519. The van der Waals surface area contributed by atoms with Crippen molar-refractivity contribution < 1.29 is 9.53 Å². The molecule has 0 aliphatic carbocycles. The third-order valence-corrected chi connectivity index (χ3v) is 3.75. The normalized spacial score (nSPS) is 10.5.